The Labute approximate surface area is 182 Å². The van der Waals surface area contributed by atoms with E-state index in [1.54, 1.807) is 0 Å². The van der Waals surface area contributed by atoms with Crippen molar-refractivity contribution in [1.82, 2.24) is 9.55 Å². The fraction of sp³-hybridized carbons (Fsp3) is 0.278. The van der Waals surface area contributed by atoms with E-state index in [4.69, 9.17) is 32.7 Å². The van der Waals surface area contributed by atoms with Crippen molar-refractivity contribution >= 4 is 51.2 Å². The highest BCUT2D eigenvalue weighted by Crippen LogP contribution is 2.28. The summed E-state index contributed by atoms with van der Waals surface area (Å²) in [7, 11) is 0. The first-order chi connectivity index (χ1) is 13.8. The van der Waals surface area contributed by atoms with Crippen LogP contribution in [0.5, 0.6) is 0 Å². The maximum absolute atomic E-state index is 12.2. The number of benzene rings is 1. The fourth-order valence-corrected chi connectivity index (χ4v) is 3.38. The van der Waals surface area contributed by atoms with Crippen LogP contribution < -0.4 is 11.2 Å². The second-order valence-electron chi connectivity index (χ2n) is 6.20. The van der Waals surface area contributed by atoms with Crippen molar-refractivity contribution in [3.8, 4) is 0 Å². The number of carbonyl (C=O) groups excluding carboxylic acids is 1. The molecule has 2 N–H and O–H groups in total. The third kappa shape index (κ3) is 4.99. The summed E-state index contributed by atoms with van der Waals surface area (Å²) in [6.07, 6.45) is 0.233. The monoisotopic (exact) mass is 504 g/mol. The van der Waals surface area contributed by atoms with E-state index in [0.29, 0.717) is 5.02 Å². The summed E-state index contributed by atoms with van der Waals surface area (Å²) in [5, 5.41) is 10.8. The van der Waals surface area contributed by atoms with Crippen molar-refractivity contribution in [3.05, 3.63) is 71.4 Å². The molecule has 2 heterocycles. The number of ether oxygens (including phenoxy) is 2. The molecule has 2 aromatic rings. The number of hydrogen-bond donors (Lipinski definition) is 2. The van der Waals surface area contributed by atoms with Crippen molar-refractivity contribution in [2.75, 3.05) is 6.61 Å². The van der Waals surface area contributed by atoms with Gasteiger partial charge < -0.3 is 14.6 Å². The molecule has 0 unspecified atom stereocenters. The van der Waals surface area contributed by atoms with Gasteiger partial charge in [-0.05, 0) is 29.3 Å². The first-order valence-electron chi connectivity index (χ1n) is 8.38. The van der Waals surface area contributed by atoms with Gasteiger partial charge in [-0.2, -0.15) is 0 Å². The Morgan fingerprint density at radius 1 is 1.38 bits per heavy atom. The first kappa shape index (κ1) is 21.8. The molecule has 0 bridgehead atoms. The summed E-state index contributed by atoms with van der Waals surface area (Å²) in [6.45, 7) is -0.233. The number of aliphatic hydroxyl groups is 1. The summed E-state index contributed by atoms with van der Waals surface area (Å²) < 4.78 is 12.0. The van der Waals surface area contributed by atoms with E-state index in [2.05, 4.69) is 20.9 Å². The van der Waals surface area contributed by atoms with E-state index in [-0.39, 0.29) is 29.2 Å². The van der Waals surface area contributed by atoms with Gasteiger partial charge in [-0.1, -0.05) is 39.1 Å². The van der Waals surface area contributed by atoms with Crippen LogP contribution in [-0.4, -0.2) is 39.4 Å². The molecular weight excluding hydrogens is 491 g/mol. The third-order valence-electron chi connectivity index (χ3n) is 4.29. The number of esters is 1. The number of aliphatic hydroxyl groups excluding tert-OH is 1. The Morgan fingerprint density at radius 2 is 2.14 bits per heavy atom. The number of rotatable bonds is 5. The second-order valence-corrected chi connectivity index (χ2v) is 7.55. The van der Waals surface area contributed by atoms with Gasteiger partial charge in [0, 0.05) is 12.6 Å². The van der Waals surface area contributed by atoms with E-state index in [9.17, 15) is 19.5 Å². The minimum atomic E-state index is -0.976. The Hall–Kier alpha value is -1.91. The Kier molecular flexibility index (Phi) is 6.97. The van der Waals surface area contributed by atoms with Crippen molar-refractivity contribution in [2.45, 2.75) is 24.9 Å². The second kappa shape index (κ2) is 9.27. The largest absolute Gasteiger partial charge is 0.459 e. The lowest BCUT2D eigenvalue weighted by Crippen LogP contribution is -2.33. The lowest BCUT2D eigenvalue weighted by Gasteiger charge is -2.16. The lowest BCUT2D eigenvalue weighted by molar-refractivity contribution is -0.0532. The average molecular weight is 506 g/mol. The number of carbonyl (C=O) groups is 1. The molecule has 8 nitrogen and oxygen atoms in total. The number of halogens is 3. The van der Waals surface area contributed by atoms with Gasteiger partial charge in [-0.15, -0.1) is 0 Å². The molecule has 0 aliphatic carbocycles. The molecule has 0 spiro atoms. The van der Waals surface area contributed by atoms with E-state index >= 15 is 0 Å². The smallest absolute Gasteiger partial charge is 0.338 e. The molecule has 11 heteroatoms. The number of nitrogens with one attached hydrogen (secondary N) is 1. The van der Waals surface area contributed by atoms with Gasteiger partial charge >= 0.3 is 11.7 Å². The molecule has 1 aromatic carbocycles. The molecule has 0 saturated carbocycles. The summed E-state index contributed by atoms with van der Waals surface area (Å²) in [4.78, 5) is 39.7. The topological polar surface area (TPSA) is 111 Å². The van der Waals surface area contributed by atoms with Crippen LogP contribution in [0, 0.1) is 0 Å². The summed E-state index contributed by atoms with van der Waals surface area (Å²) in [5.41, 5.74) is -0.791. The normalized spacial score (nSPS) is 21.6. The summed E-state index contributed by atoms with van der Waals surface area (Å²) in [6, 6.07) is 4.31. The molecule has 1 saturated heterocycles. The van der Waals surface area contributed by atoms with Crippen LogP contribution in [0.3, 0.4) is 0 Å². The zero-order valence-corrected chi connectivity index (χ0v) is 17.8. The fourth-order valence-electron chi connectivity index (χ4n) is 2.80. The number of H-pyrrole nitrogens is 1. The van der Waals surface area contributed by atoms with Gasteiger partial charge in [0.2, 0.25) is 0 Å². The molecule has 1 fully saturated rings. The highest BCUT2D eigenvalue weighted by Gasteiger charge is 2.36. The molecule has 1 aromatic heterocycles. The van der Waals surface area contributed by atoms with Gasteiger partial charge in [0.05, 0.1) is 27.3 Å². The number of hydrogen-bond acceptors (Lipinski definition) is 6. The average Bonchev–Trinajstić information content (AvgIpc) is 3.04. The van der Waals surface area contributed by atoms with Crippen molar-refractivity contribution in [3.63, 3.8) is 0 Å². The van der Waals surface area contributed by atoms with Gasteiger partial charge in [0.25, 0.3) is 5.56 Å². The van der Waals surface area contributed by atoms with E-state index < -0.39 is 35.7 Å². The van der Waals surface area contributed by atoms with Crippen LogP contribution in [-0.2, 0) is 9.47 Å². The minimum absolute atomic E-state index is 0.0818. The van der Waals surface area contributed by atoms with Crippen LogP contribution in [0.4, 0.5) is 0 Å². The molecule has 1 aliphatic heterocycles. The quantitative estimate of drug-likeness (QED) is 0.604. The van der Waals surface area contributed by atoms with Gasteiger partial charge in [0.1, 0.15) is 18.9 Å². The maximum atomic E-state index is 12.2. The highest BCUT2D eigenvalue weighted by atomic mass is 79.9. The van der Waals surface area contributed by atoms with Crippen LogP contribution in [0.2, 0.25) is 10.0 Å². The molecule has 0 amide bonds. The standard InChI is InChI=1S/C18H15BrCl2N2O6/c19-4-3-10-7-23(18(27)22-16(10)25)15-6-13(24)14(29-15)8-28-17(26)9-1-2-11(20)12(21)5-9/h1-5,7,13-15,24H,6,8H2,(H,22,25,27)/t13-,14+,15+/m0/s1. The molecule has 0 radical (unpaired) electrons. The number of aromatic amines is 1. The predicted molar refractivity (Wildman–Crippen MR) is 111 cm³/mol. The Morgan fingerprint density at radius 3 is 2.83 bits per heavy atom. The summed E-state index contributed by atoms with van der Waals surface area (Å²) in [5.74, 6) is -0.659. The molecule has 3 rings (SSSR count). The van der Waals surface area contributed by atoms with Gasteiger partial charge in [-0.3, -0.25) is 14.3 Å². The van der Waals surface area contributed by atoms with Crippen LogP contribution in [0.25, 0.3) is 6.08 Å². The molecule has 1 aliphatic rings. The zero-order valence-electron chi connectivity index (χ0n) is 14.7. The van der Waals surface area contributed by atoms with Gasteiger partial charge in [-0.25, -0.2) is 9.59 Å². The van der Waals surface area contributed by atoms with Crippen LogP contribution >= 0.6 is 39.1 Å². The first-order valence-corrected chi connectivity index (χ1v) is 10.0. The number of nitrogens with zero attached hydrogens (tertiary/aromatic N) is 1. The van der Waals surface area contributed by atoms with Crippen LogP contribution in [0.1, 0.15) is 28.6 Å². The zero-order chi connectivity index (χ0) is 21.1. The van der Waals surface area contributed by atoms with E-state index in [1.807, 2.05) is 0 Å². The molecular formula is C18H15BrCl2N2O6. The lowest BCUT2D eigenvalue weighted by atomic mass is 10.2. The van der Waals surface area contributed by atoms with Crippen LogP contribution in [0.15, 0.2) is 39.0 Å². The van der Waals surface area contributed by atoms with E-state index in [0.717, 1.165) is 0 Å². The van der Waals surface area contributed by atoms with Crippen molar-refractivity contribution < 1.29 is 19.4 Å². The Bertz CT molecular complexity index is 1070. The SMILES string of the molecule is O=C(OC[C@H]1O[C@@H](n2cc(C=CBr)c(=O)[nH]c2=O)C[C@@H]1O)c1ccc(Cl)c(Cl)c1. The van der Waals surface area contributed by atoms with Crippen molar-refractivity contribution in [2.24, 2.45) is 0 Å². The van der Waals surface area contributed by atoms with Crippen molar-refractivity contribution in [1.29, 1.82) is 0 Å². The van der Waals surface area contributed by atoms with E-state index in [1.165, 1.54) is 40.0 Å². The molecule has 29 heavy (non-hydrogen) atoms. The molecule has 3 atom stereocenters. The van der Waals surface area contributed by atoms with Gasteiger partial charge in [0.15, 0.2) is 0 Å². The minimum Gasteiger partial charge on any atom is -0.459 e. The molecule has 154 valence electrons. The Balaban J connectivity index is 1.69. The summed E-state index contributed by atoms with van der Waals surface area (Å²) >= 11 is 14.8. The highest BCUT2D eigenvalue weighted by molar-refractivity contribution is 9.11. The number of aromatic nitrogens is 2. The third-order valence-corrected chi connectivity index (χ3v) is 5.29. The maximum Gasteiger partial charge on any atom is 0.338 e. The predicted octanol–water partition coefficient (Wildman–Crippen LogP) is 2.71.